The topological polar surface area (TPSA) is 44.5 Å². The third kappa shape index (κ3) is 3.19. The minimum atomic E-state index is -0.428. The van der Waals surface area contributed by atoms with Crippen molar-refractivity contribution in [1.82, 2.24) is 0 Å². The Balaban J connectivity index is 1.68. The van der Waals surface area contributed by atoms with Crippen LogP contribution in [0.1, 0.15) is 44.1 Å². The van der Waals surface area contributed by atoms with Crippen LogP contribution in [0.15, 0.2) is 18.2 Å². The Hall–Kier alpha value is -1.20. The van der Waals surface area contributed by atoms with Gasteiger partial charge in [-0.3, -0.25) is 0 Å². The van der Waals surface area contributed by atoms with Crippen LogP contribution in [0.4, 0.5) is 4.39 Å². The summed E-state index contributed by atoms with van der Waals surface area (Å²) in [7, 11) is 0. The number of thiocarbonyl (C=S) groups is 1. The summed E-state index contributed by atoms with van der Waals surface area (Å²) in [5, 5.41) is 0. The summed E-state index contributed by atoms with van der Waals surface area (Å²) in [5.41, 5.74) is 5.72. The molecule has 1 heterocycles. The van der Waals surface area contributed by atoms with Crippen molar-refractivity contribution >= 4 is 17.2 Å². The maximum atomic E-state index is 13.9. The van der Waals surface area contributed by atoms with E-state index in [0.717, 1.165) is 32.3 Å². The van der Waals surface area contributed by atoms with E-state index in [4.69, 9.17) is 27.4 Å². The molecule has 21 heavy (non-hydrogen) atoms. The van der Waals surface area contributed by atoms with Gasteiger partial charge in [-0.25, -0.2) is 4.39 Å². The molecule has 2 fully saturated rings. The Bertz CT molecular complexity index is 543. The van der Waals surface area contributed by atoms with Gasteiger partial charge in [0.05, 0.1) is 12.2 Å². The van der Waals surface area contributed by atoms with Gasteiger partial charge in [0.2, 0.25) is 0 Å². The number of hydrogen-bond acceptors (Lipinski definition) is 3. The fourth-order valence-electron chi connectivity index (χ4n) is 3.41. The quantitative estimate of drug-likeness (QED) is 0.870. The Kier molecular flexibility index (Phi) is 4.13. The van der Waals surface area contributed by atoms with Crippen LogP contribution in [0.2, 0.25) is 0 Å². The molecule has 0 aromatic heterocycles. The zero-order valence-corrected chi connectivity index (χ0v) is 12.8. The van der Waals surface area contributed by atoms with E-state index in [9.17, 15) is 4.39 Å². The van der Waals surface area contributed by atoms with Gasteiger partial charge in [0.1, 0.15) is 22.7 Å². The molecular weight excluding hydrogens is 289 g/mol. The lowest BCUT2D eigenvalue weighted by Gasteiger charge is -2.38. The molecular formula is C16H20FNO2S. The van der Waals surface area contributed by atoms with Crippen LogP contribution < -0.4 is 10.5 Å². The largest absolute Gasteiger partial charge is 0.490 e. The maximum absolute atomic E-state index is 13.9. The molecule has 1 atom stereocenters. The lowest BCUT2D eigenvalue weighted by Crippen LogP contribution is -2.41. The Morgan fingerprint density at radius 2 is 2.14 bits per heavy atom. The van der Waals surface area contributed by atoms with Gasteiger partial charge in [0.25, 0.3) is 0 Å². The number of rotatable bonds is 3. The van der Waals surface area contributed by atoms with E-state index < -0.39 is 5.82 Å². The highest BCUT2D eigenvalue weighted by atomic mass is 32.1. The molecule has 2 aliphatic rings. The highest BCUT2D eigenvalue weighted by Crippen LogP contribution is 2.40. The van der Waals surface area contributed by atoms with Crippen molar-refractivity contribution in [3.05, 3.63) is 29.6 Å². The summed E-state index contributed by atoms with van der Waals surface area (Å²) in [4.78, 5) is 0.0648. The predicted molar refractivity (Wildman–Crippen MR) is 83.1 cm³/mol. The SMILES string of the molecule is NC(=S)c1ccc(OC2CCOC3(CCCC3)C2)cc1F. The van der Waals surface area contributed by atoms with Crippen LogP contribution in [0.5, 0.6) is 5.75 Å². The minimum Gasteiger partial charge on any atom is -0.490 e. The lowest BCUT2D eigenvalue weighted by atomic mass is 9.90. The van der Waals surface area contributed by atoms with Crippen LogP contribution in [0.25, 0.3) is 0 Å². The minimum absolute atomic E-state index is 0.000225. The van der Waals surface area contributed by atoms with Crippen LogP contribution in [0.3, 0.4) is 0 Å². The lowest BCUT2D eigenvalue weighted by molar-refractivity contribution is -0.108. The standard InChI is InChI=1S/C16H20FNO2S/c17-14-9-11(3-4-13(14)15(18)21)20-12-5-8-19-16(10-12)6-1-2-7-16/h3-4,9,12H,1-2,5-8,10H2,(H2,18,21). The van der Waals surface area contributed by atoms with E-state index in [1.807, 2.05) is 0 Å². The molecule has 1 aromatic carbocycles. The molecule has 0 amide bonds. The van der Waals surface area contributed by atoms with E-state index in [1.54, 1.807) is 12.1 Å². The average molecular weight is 309 g/mol. The van der Waals surface area contributed by atoms with Gasteiger partial charge in [-0.2, -0.15) is 0 Å². The Labute approximate surface area is 129 Å². The second-order valence-corrected chi connectivity index (χ2v) is 6.42. The zero-order chi connectivity index (χ0) is 14.9. The molecule has 114 valence electrons. The third-order valence-corrected chi connectivity index (χ3v) is 4.69. The number of benzene rings is 1. The van der Waals surface area contributed by atoms with Crippen molar-refractivity contribution in [2.75, 3.05) is 6.61 Å². The second kappa shape index (κ2) is 5.89. The fourth-order valence-corrected chi connectivity index (χ4v) is 3.58. The van der Waals surface area contributed by atoms with Crippen molar-refractivity contribution in [3.63, 3.8) is 0 Å². The number of halogens is 1. The van der Waals surface area contributed by atoms with E-state index >= 15 is 0 Å². The first-order chi connectivity index (χ1) is 10.1. The molecule has 3 rings (SSSR count). The maximum Gasteiger partial charge on any atom is 0.137 e. The molecule has 1 aliphatic heterocycles. The summed E-state index contributed by atoms with van der Waals surface area (Å²) in [6.07, 6.45) is 6.51. The van der Waals surface area contributed by atoms with Gasteiger partial charge in [-0.05, 0) is 25.0 Å². The molecule has 1 aliphatic carbocycles. The number of nitrogens with two attached hydrogens (primary N) is 1. The highest BCUT2D eigenvalue weighted by molar-refractivity contribution is 7.80. The zero-order valence-electron chi connectivity index (χ0n) is 11.9. The van der Waals surface area contributed by atoms with E-state index in [1.165, 1.54) is 18.9 Å². The first-order valence-corrected chi connectivity index (χ1v) is 7.89. The summed E-state index contributed by atoms with van der Waals surface area (Å²) >= 11 is 4.80. The Morgan fingerprint density at radius 3 is 2.81 bits per heavy atom. The summed E-state index contributed by atoms with van der Waals surface area (Å²) < 4.78 is 25.8. The molecule has 1 aromatic rings. The van der Waals surface area contributed by atoms with Gasteiger partial charge in [0, 0.05) is 24.5 Å². The van der Waals surface area contributed by atoms with Crippen molar-refractivity contribution in [3.8, 4) is 5.75 Å². The third-order valence-electron chi connectivity index (χ3n) is 4.47. The normalized spacial score (nSPS) is 24.1. The first kappa shape index (κ1) is 14.7. The molecule has 1 spiro atoms. The van der Waals surface area contributed by atoms with E-state index in [0.29, 0.717) is 5.75 Å². The van der Waals surface area contributed by atoms with E-state index in [2.05, 4.69) is 0 Å². The fraction of sp³-hybridized carbons (Fsp3) is 0.562. The van der Waals surface area contributed by atoms with Gasteiger partial charge < -0.3 is 15.2 Å². The van der Waals surface area contributed by atoms with Crippen molar-refractivity contribution < 1.29 is 13.9 Å². The molecule has 5 heteroatoms. The summed E-state index contributed by atoms with van der Waals surface area (Å²) in [5.74, 6) is 0.107. The van der Waals surface area contributed by atoms with Gasteiger partial charge in [-0.1, -0.05) is 25.1 Å². The molecule has 0 bridgehead atoms. The average Bonchev–Trinajstić information content (AvgIpc) is 2.86. The predicted octanol–water partition coefficient (Wildman–Crippen LogP) is 3.33. The van der Waals surface area contributed by atoms with Gasteiger partial charge >= 0.3 is 0 Å². The summed E-state index contributed by atoms with van der Waals surface area (Å²) in [6, 6.07) is 4.68. The molecule has 2 N–H and O–H groups in total. The molecule has 1 unspecified atom stereocenters. The van der Waals surface area contributed by atoms with Crippen LogP contribution >= 0.6 is 12.2 Å². The molecule has 1 saturated carbocycles. The monoisotopic (exact) mass is 309 g/mol. The smallest absolute Gasteiger partial charge is 0.137 e. The van der Waals surface area contributed by atoms with Crippen molar-refractivity contribution in [2.24, 2.45) is 5.73 Å². The molecule has 1 saturated heterocycles. The summed E-state index contributed by atoms with van der Waals surface area (Å²) in [6.45, 7) is 0.720. The highest BCUT2D eigenvalue weighted by Gasteiger charge is 2.40. The molecule has 3 nitrogen and oxygen atoms in total. The first-order valence-electron chi connectivity index (χ1n) is 7.48. The van der Waals surface area contributed by atoms with Crippen molar-refractivity contribution in [2.45, 2.75) is 50.2 Å². The van der Waals surface area contributed by atoms with Crippen LogP contribution in [0, 0.1) is 5.82 Å². The van der Waals surface area contributed by atoms with Crippen molar-refractivity contribution in [1.29, 1.82) is 0 Å². The Morgan fingerprint density at radius 1 is 1.38 bits per heavy atom. The molecule has 0 radical (unpaired) electrons. The van der Waals surface area contributed by atoms with Gasteiger partial charge in [-0.15, -0.1) is 0 Å². The second-order valence-electron chi connectivity index (χ2n) is 5.98. The van der Waals surface area contributed by atoms with Gasteiger partial charge in [0.15, 0.2) is 0 Å². The van der Waals surface area contributed by atoms with Crippen LogP contribution in [-0.2, 0) is 4.74 Å². The number of ether oxygens (including phenoxy) is 2. The van der Waals surface area contributed by atoms with Crippen LogP contribution in [-0.4, -0.2) is 23.3 Å². The van der Waals surface area contributed by atoms with E-state index in [-0.39, 0.29) is 22.3 Å². The number of hydrogen-bond donors (Lipinski definition) is 1.